The first-order valence-corrected chi connectivity index (χ1v) is 9.42. The first kappa shape index (κ1) is 16.9. The van der Waals surface area contributed by atoms with Crippen molar-refractivity contribution < 1.29 is 0 Å². The lowest BCUT2D eigenvalue weighted by Crippen LogP contribution is -2.38. The SMILES string of the molecule is CC1CCCCC1NCCSc1ccc(C(C)(C)C)cc1. The van der Waals surface area contributed by atoms with Gasteiger partial charge in [-0.05, 0) is 41.9 Å². The van der Waals surface area contributed by atoms with Crippen molar-refractivity contribution in [3.8, 4) is 0 Å². The van der Waals surface area contributed by atoms with Crippen molar-refractivity contribution in [3.63, 3.8) is 0 Å². The van der Waals surface area contributed by atoms with Crippen molar-refractivity contribution in [1.29, 1.82) is 0 Å². The normalized spacial score (nSPS) is 23.2. The second-order valence-electron chi connectivity index (χ2n) is 7.45. The van der Waals surface area contributed by atoms with Crippen LogP contribution in [0, 0.1) is 5.92 Å². The first-order chi connectivity index (χ1) is 9.97. The minimum atomic E-state index is 0.252. The van der Waals surface area contributed by atoms with Crippen LogP contribution in [0.2, 0.25) is 0 Å². The van der Waals surface area contributed by atoms with E-state index in [-0.39, 0.29) is 5.41 Å². The van der Waals surface area contributed by atoms with Gasteiger partial charge in [-0.1, -0.05) is 52.7 Å². The maximum atomic E-state index is 3.76. The van der Waals surface area contributed by atoms with Crippen LogP contribution >= 0.6 is 11.8 Å². The highest BCUT2D eigenvalue weighted by Crippen LogP contribution is 2.26. The molecule has 1 aliphatic rings. The van der Waals surface area contributed by atoms with E-state index in [1.165, 1.54) is 36.1 Å². The number of hydrogen-bond donors (Lipinski definition) is 1. The fraction of sp³-hybridized carbons (Fsp3) is 0.684. The summed E-state index contributed by atoms with van der Waals surface area (Å²) in [7, 11) is 0. The van der Waals surface area contributed by atoms with Gasteiger partial charge in [0.25, 0.3) is 0 Å². The topological polar surface area (TPSA) is 12.0 Å². The van der Waals surface area contributed by atoms with E-state index in [4.69, 9.17) is 0 Å². The van der Waals surface area contributed by atoms with Gasteiger partial charge in [-0.15, -0.1) is 11.8 Å². The molecule has 0 aromatic heterocycles. The smallest absolute Gasteiger partial charge is 0.0106 e. The van der Waals surface area contributed by atoms with E-state index in [0.29, 0.717) is 0 Å². The predicted molar refractivity (Wildman–Crippen MR) is 95.3 cm³/mol. The molecule has 0 aliphatic heterocycles. The van der Waals surface area contributed by atoms with Gasteiger partial charge in [-0.25, -0.2) is 0 Å². The van der Waals surface area contributed by atoms with E-state index in [0.717, 1.165) is 24.3 Å². The summed E-state index contributed by atoms with van der Waals surface area (Å²) in [6.45, 7) is 10.3. The van der Waals surface area contributed by atoms with Gasteiger partial charge in [0.15, 0.2) is 0 Å². The van der Waals surface area contributed by atoms with E-state index in [9.17, 15) is 0 Å². The maximum absolute atomic E-state index is 3.76. The Morgan fingerprint density at radius 1 is 1.10 bits per heavy atom. The monoisotopic (exact) mass is 305 g/mol. The molecule has 0 radical (unpaired) electrons. The number of thioether (sulfide) groups is 1. The summed E-state index contributed by atoms with van der Waals surface area (Å²) in [4.78, 5) is 1.39. The third kappa shape index (κ3) is 5.34. The first-order valence-electron chi connectivity index (χ1n) is 8.43. The van der Waals surface area contributed by atoms with Gasteiger partial charge < -0.3 is 5.32 Å². The minimum absolute atomic E-state index is 0.252. The molecule has 2 heteroatoms. The largest absolute Gasteiger partial charge is 0.313 e. The van der Waals surface area contributed by atoms with Gasteiger partial charge in [0.1, 0.15) is 0 Å². The fourth-order valence-electron chi connectivity index (χ4n) is 3.08. The Labute approximate surface area is 135 Å². The molecule has 1 fully saturated rings. The summed E-state index contributed by atoms with van der Waals surface area (Å²) in [6, 6.07) is 9.85. The Bertz CT molecular complexity index is 418. The van der Waals surface area contributed by atoms with Gasteiger partial charge in [-0.3, -0.25) is 0 Å². The van der Waals surface area contributed by atoms with Crippen molar-refractivity contribution in [1.82, 2.24) is 5.32 Å². The molecule has 2 unspecified atom stereocenters. The van der Waals surface area contributed by atoms with E-state index in [2.05, 4.69) is 57.3 Å². The molecule has 0 spiro atoms. The van der Waals surface area contributed by atoms with E-state index < -0.39 is 0 Å². The molecule has 0 heterocycles. The van der Waals surface area contributed by atoms with Crippen LogP contribution in [0.1, 0.15) is 58.9 Å². The number of nitrogens with one attached hydrogen (secondary N) is 1. The Kier molecular flexibility index (Phi) is 6.19. The lowest BCUT2D eigenvalue weighted by molar-refractivity contribution is 0.285. The molecule has 0 saturated heterocycles. The third-order valence-electron chi connectivity index (χ3n) is 4.61. The standard InChI is InChI=1S/C19H31NS/c1-15-7-5-6-8-18(15)20-13-14-21-17-11-9-16(10-12-17)19(2,3)4/h9-12,15,18,20H,5-8,13-14H2,1-4H3. The number of rotatable bonds is 5. The van der Waals surface area contributed by atoms with Crippen LogP contribution in [0.5, 0.6) is 0 Å². The van der Waals surface area contributed by atoms with Crippen molar-refractivity contribution in [3.05, 3.63) is 29.8 Å². The van der Waals surface area contributed by atoms with E-state index >= 15 is 0 Å². The average molecular weight is 306 g/mol. The van der Waals surface area contributed by atoms with Crippen LogP contribution in [-0.2, 0) is 5.41 Å². The van der Waals surface area contributed by atoms with Crippen LogP contribution in [-0.4, -0.2) is 18.3 Å². The zero-order valence-electron chi connectivity index (χ0n) is 14.1. The second kappa shape index (κ2) is 7.69. The Morgan fingerprint density at radius 2 is 1.76 bits per heavy atom. The molecule has 2 rings (SSSR count). The van der Waals surface area contributed by atoms with E-state index in [1.54, 1.807) is 0 Å². The molecular formula is C19H31NS. The lowest BCUT2D eigenvalue weighted by atomic mass is 9.86. The van der Waals surface area contributed by atoms with Gasteiger partial charge >= 0.3 is 0 Å². The van der Waals surface area contributed by atoms with Crippen molar-refractivity contribution in [2.24, 2.45) is 5.92 Å². The molecule has 1 aliphatic carbocycles. The summed E-state index contributed by atoms with van der Waals surface area (Å²) in [6.07, 6.45) is 5.60. The van der Waals surface area contributed by atoms with Crippen LogP contribution < -0.4 is 5.32 Å². The summed E-state index contributed by atoms with van der Waals surface area (Å²) in [5.74, 6) is 2.02. The summed E-state index contributed by atoms with van der Waals surface area (Å²) in [5.41, 5.74) is 1.67. The molecule has 1 saturated carbocycles. The average Bonchev–Trinajstić information content (AvgIpc) is 2.45. The molecule has 1 aromatic carbocycles. The predicted octanol–water partition coefficient (Wildman–Crippen LogP) is 5.24. The highest BCUT2D eigenvalue weighted by Gasteiger charge is 2.20. The molecule has 1 N–H and O–H groups in total. The fourth-order valence-corrected chi connectivity index (χ4v) is 3.87. The van der Waals surface area contributed by atoms with Crippen LogP contribution in [0.25, 0.3) is 0 Å². The van der Waals surface area contributed by atoms with Crippen LogP contribution in [0.3, 0.4) is 0 Å². The zero-order chi connectivity index (χ0) is 15.3. The Hall–Kier alpha value is -0.470. The zero-order valence-corrected chi connectivity index (χ0v) is 14.9. The van der Waals surface area contributed by atoms with Crippen LogP contribution in [0.15, 0.2) is 29.2 Å². The maximum Gasteiger partial charge on any atom is 0.0106 e. The van der Waals surface area contributed by atoms with Crippen molar-refractivity contribution in [2.75, 3.05) is 12.3 Å². The molecule has 21 heavy (non-hydrogen) atoms. The number of benzene rings is 1. The highest BCUT2D eigenvalue weighted by molar-refractivity contribution is 7.99. The molecule has 0 bridgehead atoms. The molecule has 118 valence electrons. The highest BCUT2D eigenvalue weighted by atomic mass is 32.2. The summed E-state index contributed by atoms with van der Waals surface area (Å²) < 4.78 is 0. The summed E-state index contributed by atoms with van der Waals surface area (Å²) >= 11 is 1.97. The van der Waals surface area contributed by atoms with Crippen molar-refractivity contribution in [2.45, 2.75) is 69.7 Å². The molecule has 2 atom stereocenters. The minimum Gasteiger partial charge on any atom is -0.313 e. The number of hydrogen-bond acceptors (Lipinski definition) is 2. The molecule has 1 nitrogen and oxygen atoms in total. The van der Waals surface area contributed by atoms with E-state index in [1.807, 2.05) is 11.8 Å². The van der Waals surface area contributed by atoms with Crippen LogP contribution in [0.4, 0.5) is 0 Å². The van der Waals surface area contributed by atoms with Gasteiger partial charge in [0, 0.05) is 23.2 Å². The quantitative estimate of drug-likeness (QED) is 0.589. The lowest BCUT2D eigenvalue weighted by Gasteiger charge is -2.29. The summed E-state index contributed by atoms with van der Waals surface area (Å²) in [5, 5.41) is 3.76. The van der Waals surface area contributed by atoms with Gasteiger partial charge in [0.05, 0.1) is 0 Å². The Morgan fingerprint density at radius 3 is 2.38 bits per heavy atom. The second-order valence-corrected chi connectivity index (χ2v) is 8.61. The molecule has 0 amide bonds. The molecular weight excluding hydrogens is 274 g/mol. The third-order valence-corrected chi connectivity index (χ3v) is 5.62. The van der Waals surface area contributed by atoms with Gasteiger partial charge in [0.2, 0.25) is 0 Å². The molecule has 1 aromatic rings. The van der Waals surface area contributed by atoms with Gasteiger partial charge in [-0.2, -0.15) is 0 Å². The van der Waals surface area contributed by atoms with Crippen molar-refractivity contribution >= 4 is 11.8 Å². The Balaban J connectivity index is 1.71.